The van der Waals surface area contributed by atoms with Gasteiger partial charge in [0.15, 0.2) is 0 Å². The van der Waals surface area contributed by atoms with Crippen LogP contribution in [0, 0.1) is 11.6 Å². The van der Waals surface area contributed by atoms with E-state index in [1.807, 2.05) is 31.3 Å². The van der Waals surface area contributed by atoms with E-state index in [1.165, 1.54) is 12.1 Å². The van der Waals surface area contributed by atoms with Gasteiger partial charge < -0.3 is 4.90 Å². The molecule has 0 aromatic heterocycles. The number of nitrogens with one attached hydrogen (secondary N) is 1. The molecule has 2 saturated heterocycles. The van der Waals surface area contributed by atoms with Crippen molar-refractivity contribution in [1.29, 1.82) is 0 Å². The number of likely N-dealkylation sites (tertiary alicyclic amines) is 1. The van der Waals surface area contributed by atoms with E-state index in [-0.39, 0.29) is 11.9 Å². The molecule has 1 spiro atoms. The van der Waals surface area contributed by atoms with Crippen LogP contribution in [0.5, 0.6) is 0 Å². The first kappa shape index (κ1) is 16.2. The fourth-order valence-corrected chi connectivity index (χ4v) is 4.06. The number of carbonyl (C=O) groups is 1. The molecule has 2 aliphatic rings. The van der Waals surface area contributed by atoms with E-state index in [9.17, 15) is 13.6 Å². The largest absolute Gasteiger partial charge is 0.344 e. The number of rotatable bonds is 2. The molecular formula is C20H20F2N2O. The van der Waals surface area contributed by atoms with Gasteiger partial charge in [-0.3, -0.25) is 10.1 Å². The number of amides is 1. The van der Waals surface area contributed by atoms with Gasteiger partial charge in [0.25, 0.3) is 0 Å². The van der Waals surface area contributed by atoms with Gasteiger partial charge in [-0.2, -0.15) is 0 Å². The summed E-state index contributed by atoms with van der Waals surface area (Å²) in [5.74, 6) is -0.989. The maximum absolute atomic E-state index is 14.1. The van der Waals surface area contributed by atoms with Crippen molar-refractivity contribution in [3.05, 3.63) is 59.7 Å². The molecule has 0 bridgehead atoms. The lowest BCUT2D eigenvalue weighted by Crippen LogP contribution is -2.47. The van der Waals surface area contributed by atoms with E-state index in [1.54, 1.807) is 4.90 Å². The molecule has 2 aliphatic heterocycles. The summed E-state index contributed by atoms with van der Waals surface area (Å²) in [5, 5.41) is 3.52. The Labute approximate surface area is 145 Å². The zero-order chi connectivity index (χ0) is 17.6. The standard InChI is InChI=1S/C20H20F2N2O/c1-24-10-9-20(19(24)25)8-7-18(23-20)14-4-2-3-13(11-14)16-6-5-15(21)12-17(16)22/h2-6,11-12,18,23H,7-10H2,1H3/t18-,20-/m1/s1. The molecule has 4 rings (SSSR count). The smallest absolute Gasteiger partial charge is 0.242 e. The normalized spacial score (nSPS) is 26.0. The van der Waals surface area contributed by atoms with Crippen molar-refractivity contribution in [3.8, 4) is 11.1 Å². The summed E-state index contributed by atoms with van der Waals surface area (Å²) in [6, 6.07) is 11.3. The quantitative estimate of drug-likeness (QED) is 0.903. The number of hydrogen-bond donors (Lipinski definition) is 1. The van der Waals surface area contributed by atoms with E-state index >= 15 is 0 Å². The van der Waals surface area contributed by atoms with E-state index in [4.69, 9.17) is 0 Å². The summed E-state index contributed by atoms with van der Waals surface area (Å²) < 4.78 is 27.2. The molecule has 2 heterocycles. The van der Waals surface area contributed by atoms with Gasteiger partial charge >= 0.3 is 0 Å². The molecular weight excluding hydrogens is 322 g/mol. The number of nitrogens with zero attached hydrogens (tertiary/aromatic N) is 1. The molecule has 2 aromatic rings. The fraction of sp³-hybridized carbons (Fsp3) is 0.350. The van der Waals surface area contributed by atoms with Crippen molar-refractivity contribution in [2.24, 2.45) is 0 Å². The molecule has 0 unspecified atom stereocenters. The molecule has 0 aliphatic carbocycles. The summed E-state index contributed by atoms with van der Waals surface area (Å²) in [7, 11) is 1.84. The molecule has 2 fully saturated rings. The minimum Gasteiger partial charge on any atom is -0.344 e. The van der Waals surface area contributed by atoms with Crippen LogP contribution < -0.4 is 5.32 Å². The predicted molar refractivity (Wildman–Crippen MR) is 91.9 cm³/mol. The Hall–Kier alpha value is -2.27. The van der Waals surface area contributed by atoms with Gasteiger partial charge in [0.1, 0.15) is 17.2 Å². The first-order valence-electron chi connectivity index (χ1n) is 8.57. The van der Waals surface area contributed by atoms with Crippen LogP contribution >= 0.6 is 0 Å². The first-order valence-corrected chi connectivity index (χ1v) is 8.57. The van der Waals surface area contributed by atoms with Gasteiger partial charge in [0, 0.05) is 31.3 Å². The molecule has 5 heteroatoms. The first-order chi connectivity index (χ1) is 12.0. The van der Waals surface area contributed by atoms with Crippen molar-refractivity contribution < 1.29 is 13.6 Å². The van der Waals surface area contributed by atoms with Gasteiger partial charge in [-0.25, -0.2) is 8.78 Å². The average molecular weight is 342 g/mol. The monoisotopic (exact) mass is 342 g/mol. The highest BCUT2D eigenvalue weighted by molar-refractivity contribution is 5.88. The SMILES string of the molecule is CN1CC[C@]2(CC[C@H](c3cccc(-c4ccc(F)cc4F)c3)N2)C1=O. The molecule has 25 heavy (non-hydrogen) atoms. The number of likely N-dealkylation sites (N-methyl/N-ethyl adjacent to an activating group) is 1. The lowest BCUT2D eigenvalue weighted by Gasteiger charge is -2.23. The zero-order valence-electron chi connectivity index (χ0n) is 14.1. The second-order valence-electron chi connectivity index (χ2n) is 7.04. The number of halogens is 2. The average Bonchev–Trinajstić information content (AvgIpc) is 3.15. The van der Waals surface area contributed by atoms with Crippen LogP contribution in [0.25, 0.3) is 11.1 Å². The maximum atomic E-state index is 14.1. The zero-order valence-corrected chi connectivity index (χ0v) is 14.1. The van der Waals surface area contributed by atoms with E-state index in [0.29, 0.717) is 11.1 Å². The van der Waals surface area contributed by atoms with Gasteiger partial charge in [-0.05, 0) is 48.6 Å². The Morgan fingerprint density at radius 2 is 2.00 bits per heavy atom. The van der Waals surface area contributed by atoms with Crippen LogP contribution in [0.4, 0.5) is 8.78 Å². The third-order valence-electron chi connectivity index (χ3n) is 5.47. The van der Waals surface area contributed by atoms with E-state index in [0.717, 1.165) is 37.4 Å². The number of benzene rings is 2. The van der Waals surface area contributed by atoms with Crippen LogP contribution in [-0.2, 0) is 4.79 Å². The van der Waals surface area contributed by atoms with E-state index in [2.05, 4.69) is 5.32 Å². The van der Waals surface area contributed by atoms with Crippen molar-refractivity contribution in [1.82, 2.24) is 10.2 Å². The predicted octanol–water partition coefficient (Wildman–Crippen LogP) is 3.66. The molecule has 2 atom stereocenters. The van der Waals surface area contributed by atoms with Gasteiger partial charge in [-0.15, -0.1) is 0 Å². The summed E-state index contributed by atoms with van der Waals surface area (Å²) in [6.07, 6.45) is 2.51. The molecule has 1 amide bonds. The Balaban J connectivity index is 1.62. The molecule has 0 saturated carbocycles. The number of carbonyl (C=O) groups excluding carboxylic acids is 1. The summed E-state index contributed by atoms with van der Waals surface area (Å²) in [6.45, 7) is 0.777. The lowest BCUT2D eigenvalue weighted by molar-refractivity contribution is -0.131. The maximum Gasteiger partial charge on any atom is 0.242 e. The summed E-state index contributed by atoms with van der Waals surface area (Å²) in [4.78, 5) is 14.2. The van der Waals surface area contributed by atoms with Gasteiger partial charge in [0.05, 0.1) is 0 Å². The summed E-state index contributed by atoms with van der Waals surface area (Å²) in [5.41, 5.74) is 1.68. The van der Waals surface area contributed by atoms with Crippen molar-refractivity contribution in [2.45, 2.75) is 30.8 Å². The summed E-state index contributed by atoms with van der Waals surface area (Å²) >= 11 is 0. The Morgan fingerprint density at radius 1 is 1.16 bits per heavy atom. The molecule has 0 radical (unpaired) electrons. The Kier molecular flexibility index (Phi) is 3.84. The Morgan fingerprint density at radius 3 is 2.72 bits per heavy atom. The third-order valence-corrected chi connectivity index (χ3v) is 5.47. The highest BCUT2D eigenvalue weighted by atomic mass is 19.1. The third kappa shape index (κ3) is 2.72. The van der Waals surface area contributed by atoms with Gasteiger partial charge in [-0.1, -0.05) is 18.2 Å². The highest BCUT2D eigenvalue weighted by Gasteiger charge is 2.49. The van der Waals surface area contributed by atoms with Crippen LogP contribution in [0.15, 0.2) is 42.5 Å². The van der Waals surface area contributed by atoms with Crippen molar-refractivity contribution in [2.75, 3.05) is 13.6 Å². The van der Waals surface area contributed by atoms with Crippen molar-refractivity contribution in [3.63, 3.8) is 0 Å². The van der Waals surface area contributed by atoms with E-state index < -0.39 is 17.2 Å². The molecule has 1 N–H and O–H groups in total. The van der Waals surface area contributed by atoms with Crippen LogP contribution in [0.3, 0.4) is 0 Å². The van der Waals surface area contributed by atoms with Crippen LogP contribution in [0.2, 0.25) is 0 Å². The second-order valence-corrected chi connectivity index (χ2v) is 7.04. The molecule has 3 nitrogen and oxygen atoms in total. The lowest BCUT2D eigenvalue weighted by atomic mass is 9.95. The molecule has 2 aromatic carbocycles. The topological polar surface area (TPSA) is 32.3 Å². The number of hydrogen-bond acceptors (Lipinski definition) is 2. The van der Waals surface area contributed by atoms with Crippen LogP contribution in [0.1, 0.15) is 30.9 Å². The molecule has 130 valence electrons. The van der Waals surface area contributed by atoms with Crippen molar-refractivity contribution >= 4 is 5.91 Å². The highest BCUT2D eigenvalue weighted by Crippen LogP contribution is 2.39. The fourth-order valence-electron chi connectivity index (χ4n) is 4.06. The second kappa shape index (κ2) is 5.92. The minimum atomic E-state index is -0.583. The Bertz CT molecular complexity index is 838. The van der Waals surface area contributed by atoms with Crippen LogP contribution in [-0.4, -0.2) is 29.9 Å². The minimum absolute atomic E-state index is 0.0684. The van der Waals surface area contributed by atoms with Gasteiger partial charge in [0.2, 0.25) is 5.91 Å².